The Bertz CT molecular complexity index is 1720. The summed E-state index contributed by atoms with van der Waals surface area (Å²) in [6.07, 6.45) is -0.127. The van der Waals surface area contributed by atoms with Crippen LogP contribution in [0, 0.1) is 42.3 Å². The van der Waals surface area contributed by atoms with Crippen molar-refractivity contribution in [2.75, 3.05) is 6.61 Å². The Morgan fingerprint density at radius 1 is 1.12 bits per heavy atom. The predicted molar refractivity (Wildman–Crippen MR) is 175 cm³/mol. The number of Topliss-reactive ketones (excluding diaryl/α,β-unsaturated/α-hetero) is 2. The number of carbonyl (C=O) groups excluding carboxylic acids is 4. The van der Waals surface area contributed by atoms with Crippen LogP contribution in [0.15, 0.2) is 58.6 Å². The molecule has 3 rings (SSSR count). The van der Waals surface area contributed by atoms with Gasteiger partial charge in [0.05, 0.1) is 17.6 Å². The van der Waals surface area contributed by atoms with Crippen molar-refractivity contribution in [2.45, 2.75) is 73.1 Å². The monoisotopic (exact) mass is 660 g/mol. The van der Waals surface area contributed by atoms with E-state index in [4.69, 9.17) is 9.26 Å². The molecule has 0 aliphatic carbocycles. The van der Waals surface area contributed by atoms with Crippen LogP contribution < -0.4 is 15.4 Å². The van der Waals surface area contributed by atoms with Crippen molar-refractivity contribution in [3.8, 4) is 11.8 Å². The Hall–Kier alpha value is -5.15. The van der Waals surface area contributed by atoms with Crippen molar-refractivity contribution >= 4 is 29.5 Å². The molecular formula is C36H41FN4O7. The van der Waals surface area contributed by atoms with Gasteiger partial charge in [0, 0.05) is 31.0 Å². The number of halogens is 1. The number of carbonyl (C=O) groups is 4. The van der Waals surface area contributed by atoms with Gasteiger partial charge in [-0.25, -0.2) is 4.39 Å². The van der Waals surface area contributed by atoms with Crippen molar-refractivity contribution in [3.05, 3.63) is 88.1 Å². The molecule has 1 heterocycles. The van der Waals surface area contributed by atoms with Crippen molar-refractivity contribution < 1.29 is 37.9 Å². The van der Waals surface area contributed by atoms with Gasteiger partial charge in [-0.15, -0.1) is 0 Å². The molecule has 0 aliphatic rings. The first-order chi connectivity index (χ1) is 22.6. The molecule has 2 aromatic carbocycles. The first-order valence-electron chi connectivity index (χ1n) is 15.4. The average molecular weight is 661 g/mol. The van der Waals surface area contributed by atoms with E-state index in [0.29, 0.717) is 22.6 Å². The summed E-state index contributed by atoms with van der Waals surface area (Å²) in [6, 6.07) is 13.1. The van der Waals surface area contributed by atoms with E-state index in [1.165, 1.54) is 25.1 Å². The first kappa shape index (κ1) is 37.3. The number of aliphatic hydroxyl groups excluding tert-OH is 1. The zero-order valence-corrected chi connectivity index (χ0v) is 27.9. The van der Waals surface area contributed by atoms with E-state index in [1.807, 2.05) is 26.8 Å². The number of nitriles is 1. The molecule has 11 nitrogen and oxygen atoms in total. The van der Waals surface area contributed by atoms with Gasteiger partial charge in [0.2, 0.25) is 5.91 Å². The number of hydrogen-bond acceptors (Lipinski definition) is 9. The lowest BCUT2D eigenvalue weighted by atomic mass is 9.87. The van der Waals surface area contributed by atoms with Crippen molar-refractivity contribution in [2.24, 2.45) is 11.3 Å². The molecular weight excluding hydrogens is 619 g/mol. The van der Waals surface area contributed by atoms with E-state index in [-0.39, 0.29) is 47.6 Å². The fourth-order valence-corrected chi connectivity index (χ4v) is 4.69. The highest BCUT2D eigenvalue weighted by atomic mass is 19.1. The van der Waals surface area contributed by atoms with Gasteiger partial charge in [0.15, 0.2) is 17.3 Å². The minimum atomic E-state index is -1.39. The number of aromatic nitrogens is 1. The van der Waals surface area contributed by atoms with E-state index in [0.717, 1.165) is 0 Å². The van der Waals surface area contributed by atoms with E-state index in [9.17, 15) is 33.9 Å². The topological polar surface area (TPSA) is 172 Å². The molecule has 3 N–H and O–H groups in total. The number of aliphatic hydroxyl groups is 1. The number of nitrogens with zero attached hydrogens (tertiary/aromatic N) is 2. The molecule has 0 bridgehead atoms. The third-order valence-electron chi connectivity index (χ3n) is 7.19. The fourth-order valence-electron chi connectivity index (χ4n) is 4.69. The van der Waals surface area contributed by atoms with Crippen LogP contribution in [0.5, 0.6) is 5.75 Å². The van der Waals surface area contributed by atoms with Gasteiger partial charge >= 0.3 is 0 Å². The summed E-state index contributed by atoms with van der Waals surface area (Å²) in [5, 5.41) is 28.7. The summed E-state index contributed by atoms with van der Waals surface area (Å²) in [5.41, 5.74) is 1.06. The molecule has 12 heteroatoms. The number of amides is 2. The van der Waals surface area contributed by atoms with E-state index < -0.39 is 47.9 Å². The Kier molecular flexibility index (Phi) is 12.9. The van der Waals surface area contributed by atoms with Gasteiger partial charge in [0.1, 0.15) is 36.0 Å². The van der Waals surface area contributed by atoms with Gasteiger partial charge in [-0.05, 0) is 61.6 Å². The Labute approximate surface area is 279 Å². The van der Waals surface area contributed by atoms with Crippen LogP contribution in [0.4, 0.5) is 4.39 Å². The SMILES string of the molecule is Cc1ccc(CNC(=O)[C@H](COc2cccc(C=C(C#N)C(=O)CC(C)(C)C)c2)CC(=O)[C@@H](NC(=O)c2cc(C)on2)[C@@H](C)O)c(F)c1. The molecule has 0 spiro atoms. The normalized spacial score (nSPS) is 13.5. The Balaban J connectivity index is 1.81. The van der Waals surface area contributed by atoms with E-state index >= 15 is 0 Å². The average Bonchev–Trinajstić information content (AvgIpc) is 3.45. The Morgan fingerprint density at radius 2 is 1.85 bits per heavy atom. The highest BCUT2D eigenvalue weighted by Gasteiger charge is 2.32. The molecule has 0 aliphatic heterocycles. The van der Waals surface area contributed by atoms with Gasteiger partial charge in [-0.3, -0.25) is 19.2 Å². The lowest BCUT2D eigenvalue weighted by Gasteiger charge is -2.23. The molecule has 3 aromatic rings. The lowest BCUT2D eigenvalue weighted by molar-refractivity contribution is -0.132. The number of nitrogens with one attached hydrogen (secondary N) is 2. The quantitative estimate of drug-likeness (QED) is 0.153. The van der Waals surface area contributed by atoms with Gasteiger partial charge in [-0.1, -0.05) is 50.2 Å². The zero-order chi connectivity index (χ0) is 35.6. The molecule has 254 valence electrons. The summed E-state index contributed by atoms with van der Waals surface area (Å²) in [6.45, 7) is 9.89. The fraction of sp³-hybridized carbons (Fsp3) is 0.389. The number of benzene rings is 2. The van der Waals surface area contributed by atoms with Crippen LogP contribution in [-0.4, -0.2) is 52.4 Å². The van der Waals surface area contributed by atoms with Gasteiger partial charge in [-0.2, -0.15) is 5.26 Å². The van der Waals surface area contributed by atoms with Crippen molar-refractivity contribution in [3.63, 3.8) is 0 Å². The molecule has 0 saturated heterocycles. The number of ether oxygens (including phenoxy) is 1. The molecule has 2 amide bonds. The maximum absolute atomic E-state index is 14.5. The third-order valence-corrected chi connectivity index (χ3v) is 7.19. The number of allylic oxidation sites excluding steroid dienone is 1. The summed E-state index contributed by atoms with van der Waals surface area (Å²) in [5.74, 6) is -3.28. The Morgan fingerprint density at radius 3 is 2.46 bits per heavy atom. The van der Waals surface area contributed by atoms with Gasteiger partial charge < -0.3 is 25.0 Å². The number of rotatable bonds is 15. The number of hydrogen-bond donors (Lipinski definition) is 3. The lowest BCUT2D eigenvalue weighted by Crippen LogP contribution is -2.49. The minimum absolute atomic E-state index is 0.0137. The maximum atomic E-state index is 14.5. The zero-order valence-electron chi connectivity index (χ0n) is 27.9. The predicted octanol–water partition coefficient (Wildman–Crippen LogP) is 4.79. The van der Waals surface area contributed by atoms with E-state index in [2.05, 4.69) is 15.8 Å². The first-order valence-corrected chi connectivity index (χ1v) is 15.4. The molecule has 1 aromatic heterocycles. The smallest absolute Gasteiger partial charge is 0.274 e. The molecule has 48 heavy (non-hydrogen) atoms. The van der Waals surface area contributed by atoms with Crippen molar-refractivity contribution in [1.29, 1.82) is 5.26 Å². The van der Waals surface area contributed by atoms with Crippen LogP contribution in [0.2, 0.25) is 0 Å². The summed E-state index contributed by atoms with van der Waals surface area (Å²) >= 11 is 0. The standard InChI is InChI=1S/C36H41FN4O7/c1-21-10-11-25(29(37)12-21)19-39-34(45)27(16-31(43)33(23(3)42)40-35(46)30-13-22(2)48-41-30)20-47-28-9-7-8-24(15-28)14-26(18-38)32(44)17-36(4,5)6/h7-15,23,27,33,42H,16-17,19-20H2,1-6H3,(H,39,45)(H,40,46)/t23-,27+,33+/m1/s1. The highest BCUT2D eigenvalue weighted by molar-refractivity contribution is 6.03. The second-order valence-electron chi connectivity index (χ2n) is 12.9. The maximum Gasteiger partial charge on any atom is 0.274 e. The minimum Gasteiger partial charge on any atom is -0.493 e. The summed E-state index contributed by atoms with van der Waals surface area (Å²) in [4.78, 5) is 52.2. The largest absolute Gasteiger partial charge is 0.493 e. The summed E-state index contributed by atoms with van der Waals surface area (Å²) in [7, 11) is 0. The van der Waals surface area contributed by atoms with E-state index in [1.54, 1.807) is 50.2 Å². The molecule has 0 unspecified atom stereocenters. The molecule has 0 fully saturated rings. The van der Waals surface area contributed by atoms with Crippen molar-refractivity contribution in [1.82, 2.24) is 15.8 Å². The number of aryl methyl sites for hydroxylation is 2. The second-order valence-corrected chi connectivity index (χ2v) is 12.9. The van der Waals surface area contributed by atoms with Crippen LogP contribution in [0.3, 0.4) is 0 Å². The van der Waals surface area contributed by atoms with Crippen LogP contribution in [0.1, 0.15) is 73.5 Å². The van der Waals surface area contributed by atoms with Gasteiger partial charge in [0.25, 0.3) is 5.91 Å². The number of ketones is 2. The van der Waals surface area contributed by atoms with Crippen LogP contribution >= 0.6 is 0 Å². The van der Waals surface area contributed by atoms with Crippen LogP contribution in [-0.2, 0) is 20.9 Å². The molecule has 0 saturated carbocycles. The summed E-state index contributed by atoms with van der Waals surface area (Å²) < 4.78 is 25.3. The van der Waals surface area contributed by atoms with Crippen LogP contribution in [0.25, 0.3) is 6.08 Å². The second kappa shape index (κ2) is 16.6. The highest BCUT2D eigenvalue weighted by Crippen LogP contribution is 2.23. The molecule has 3 atom stereocenters. The third kappa shape index (κ3) is 11.3. The molecule has 0 radical (unpaired) electrons.